The number of anilines is 2. The Morgan fingerprint density at radius 1 is 1.19 bits per heavy atom. The number of nitrogens with zero attached hydrogens (tertiary/aromatic N) is 3. The van der Waals surface area contributed by atoms with Gasteiger partial charge in [-0.15, -0.1) is 0 Å². The van der Waals surface area contributed by atoms with Crippen LogP contribution < -0.4 is 16.0 Å². The molecule has 0 aliphatic carbocycles. The van der Waals surface area contributed by atoms with E-state index in [9.17, 15) is 18.3 Å². The molecular weight excluding hydrogens is 442 g/mol. The molecule has 0 amide bonds. The molecule has 3 aromatic rings. The van der Waals surface area contributed by atoms with Gasteiger partial charge in [0.05, 0.1) is 16.3 Å². The van der Waals surface area contributed by atoms with Gasteiger partial charge < -0.3 is 10.8 Å². The number of halogens is 1. The molecule has 0 aliphatic rings. The summed E-state index contributed by atoms with van der Waals surface area (Å²) in [6, 6.07) is 14.7. The summed E-state index contributed by atoms with van der Waals surface area (Å²) >= 11 is 5.79. The van der Waals surface area contributed by atoms with Gasteiger partial charge in [0.15, 0.2) is 0 Å². The zero-order chi connectivity index (χ0) is 22.8. The van der Waals surface area contributed by atoms with Gasteiger partial charge >= 0.3 is 0 Å². The summed E-state index contributed by atoms with van der Waals surface area (Å²) in [5, 5.41) is 23.7. The minimum atomic E-state index is -3.79. The third kappa shape index (κ3) is 4.69. The van der Waals surface area contributed by atoms with Crippen molar-refractivity contribution >= 4 is 38.7 Å². The molecule has 0 spiro atoms. The third-order valence-corrected chi connectivity index (χ3v) is 5.89. The van der Waals surface area contributed by atoms with Crippen LogP contribution in [-0.2, 0) is 10.0 Å². The molecule has 31 heavy (non-hydrogen) atoms. The Labute approximate surface area is 182 Å². The summed E-state index contributed by atoms with van der Waals surface area (Å²) in [5.74, 6) is -0.667. The number of nitrogens with one attached hydrogen (secondary N) is 1. The number of aromatic hydroxyl groups is 1. The quantitative estimate of drug-likeness (QED) is 0.501. The molecule has 0 fully saturated rings. The Kier molecular flexibility index (Phi) is 6.01. The Bertz CT molecular complexity index is 1370. The Balaban J connectivity index is 1.88. The monoisotopic (exact) mass is 457 g/mol. The second-order valence-corrected chi connectivity index (χ2v) is 8.50. The minimum Gasteiger partial charge on any atom is -0.492 e. The fraction of sp³-hybridized carbons (Fsp3) is 0.0500. The number of pyridine rings is 1. The maximum absolute atomic E-state index is 12.5. The highest BCUT2D eigenvalue weighted by molar-refractivity contribution is 7.92. The van der Waals surface area contributed by atoms with E-state index in [2.05, 4.69) is 9.82 Å². The first-order valence-corrected chi connectivity index (χ1v) is 10.6. The molecule has 9 nitrogen and oxygen atoms in total. The van der Waals surface area contributed by atoms with Crippen LogP contribution in [0.2, 0.25) is 5.02 Å². The Morgan fingerprint density at radius 3 is 2.39 bits per heavy atom. The number of nitrogen functional groups attached to an aromatic ring is 1. The molecule has 0 unspecified atom stereocenters. The average Bonchev–Trinajstić information content (AvgIpc) is 2.71. The van der Waals surface area contributed by atoms with E-state index in [-0.39, 0.29) is 16.1 Å². The van der Waals surface area contributed by atoms with Crippen molar-refractivity contribution in [1.82, 2.24) is 4.68 Å². The number of sulfonamides is 1. The number of hydrogen-bond donors (Lipinski definition) is 3. The van der Waals surface area contributed by atoms with Crippen molar-refractivity contribution in [3.63, 3.8) is 0 Å². The maximum Gasteiger partial charge on any atom is 0.276 e. The van der Waals surface area contributed by atoms with Crippen LogP contribution in [0, 0.1) is 11.3 Å². The van der Waals surface area contributed by atoms with Crippen molar-refractivity contribution < 1.29 is 13.5 Å². The molecule has 4 N–H and O–H groups in total. The van der Waals surface area contributed by atoms with Crippen molar-refractivity contribution in [1.29, 1.82) is 5.26 Å². The smallest absolute Gasteiger partial charge is 0.276 e. The molecule has 11 heteroatoms. The first-order chi connectivity index (χ1) is 14.6. The summed E-state index contributed by atoms with van der Waals surface area (Å²) in [5.41, 5.74) is 5.63. The van der Waals surface area contributed by atoms with Crippen LogP contribution in [0.5, 0.6) is 5.88 Å². The van der Waals surface area contributed by atoms with Crippen LogP contribution in [0.3, 0.4) is 0 Å². The van der Waals surface area contributed by atoms with Crippen LogP contribution in [0.1, 0.15) is 18.1 Å². The second kappa shape index (κ2) is 8.51. The van der Waals surface area contributed by atoms with Crippen molar-refractivity contribution in [3.05, 3.63) is 81.1 Å². The van der Waals surface area contributed by atoms with E-state index in [0.29, 0.717) is 26.7 Å². The lowest BCUT2D eigenvalue weighted by Crippen LogP contribution is -2.19. The van der Waals surface area contributed by atoms with Gasteiger partial charge in [0.2, 0.25) is 5.88 Å². The normalized spacial score (nSPS) is 11.7. The summed E-state index contributed by atoms with van der Waals surface area (Å²) < 4.78 is 28.0. The van der Waals surface area contributed by atoms with Crippen LogP contribution in [0.25, 0.3) is 0 Å². The van der Waals surface area contributed by atoms with Gasteiger partial charge in [-0.1, -0.05) is 23.7 Å². The highest BCUT2D eigenvalue weighted by Gasteiger charge is 2.15. The minimum absolute atomic E-state index is 0.0604. The maximum atomic E-state index is 12.5. The third-order valence-electron chi connectivity index (χ3n) is 4.24. The zero-order valence-corrected chi connectivity index (χ0v) is 17.6. The largest absolute Gasteiger partial charge is 0.492 e. The number of nitriles is 1. The van der Waals surface area contributed by atoms with Crippen molar-refractivity contribution in [2.24, 2.45) is 5.10 Å². The fourth-order valence-electron chi connectivity index (χ4n) is 2.63. The van der Waals surface area contributed by atoms with Gasteiger partial charge in [-0.25, -0.2) is 8.42 Å². The number of nitrogens with two attached hydrogens (primary N) is 1. The molecule has 0 atom stereocenters. The van der Waals surface area contributed by atoms with Crippen LogP contribution >= 0.6 is 11.6 Å². The van der Waals surface area contributed by atoms with Crippen molar-refractivity contribution in [2.75, 3.05) is 10.5 Å². The van der Waals surface area contributed by atoms with Gasteiger partial charge in [-0.2, -0.15) is 15.0 Å². The highest BCUT2D eigenvalue weighted by Crippen LogP contribution is 2.21. The lowest BCUT2D eigenvalue weighted by Gasteiger charge is -2.10. The predicted octanol–water partition coefficient (Wildman–Crippen LogP) is 2.73. The van der Waals surface area contributed by atoms with E-state index in [1.165, 1.54) is 36.4 Å². The highest BCUT2D eigenvalue weighted by atomic mass is 35.5. The van der Waals surface area contributed by atoms with Gasteiger partial charge in [-0.05, 0) is 48.9 Å². The van der Waals surface area contributed by atoms with Gasteiger partial charge in [0, 0.05) is 16.8 Å². The number of hydrogen-bond acceptors (Lipinski definition) is 7. The fourth-order valence-corrected chi connectivity index (χ4v) is 3.82. The first kappa shape index (κ1) is 21.9. The molecule has 0 radical (unpaired) electrons. The molecular formula is C20H16ClN5O4S. The van der Waals surface area contributed by atoms with Crippen molar-refractivity contribution in [2.45, 2.75) is 11.8 Å². The van der Waals surface area contributed by atoms with Crippen LogP contribution in [0.4, 0.5) is 11.4 Å². The molecule has 3 rings (SSSR count). The number of aromatic nitrogens is 1. The molecule has 0 saturated carbocycles. The van der Waals surface area contributed by atoms with E-state index in [1.54, 1.807) is 25.1 Å². The first-order valence-electron chi connectivity index (χ1n) is 8.71. The molecule has 1 aromatic heterocycles. The molecule has 0 saturated heterocycles. The SMILES string of the molecule is CC(=Nn1c(O)c(C#N)c(N)cc1=O)c1ccc(NS(=O)(=O)c2ccc(Cl)cc2)cc1. The summed E-state index contributed by atoms with van der Waals surface area (Å²) in [6.07, 6.45) is 0. The van der Waals surface area contributed by atoms with Gasteiger partial charge in [-0.3, -0.25) is 9.52 Å². The van der Waals surface area contributed by atoms with Crippen LogP contribution in [0.15, 0.2) is 69.4 Å². The van der Waals surface area contributed by atoms with E-state index in [4.69, 9.17) is 22.6 Å². The number of benzene rings is 2. The van der Waals surface area contributed by atoms with Gasteiger partial charge in [0.1, 0.15) is 11.6 Å². The standard InChI is InChI=1S/C20H16ClN5O4S/c1-12(24-26-19(27)10-18(23)17(11-22)20(26)28)13-2-6-15(7-3-13)25-31(29,30)16-8-4-14(21)5-9-16/h2-10,25,28H,23H2,1H3. The topological polar surface area (TPSA) is 151 Å². The summed E-state index contributed by atoms with van der Waals surface area (Å²) in [7, 11) is -3.79. The predicted molar refractivity (Wildman–Crippen MR) is 118 cm³/mol. The van der Waals surface area contributed by atoms with E-state index >= 15 is 0 Å². The molecule has 158 valence electrons. The number of rotatable bonds is 5. The van der Waals surface area contributed by atoms with E-state index in [1.807, 2.05) is 0 Å². The lowest BCUT2D eigenvalue weighted by atomic mass is 10.1. The molecule has 0 aliphatic heterocycles. The molecule has 1 heterocycles. The Hall–Kier alpha value is -3.81. The summed E-state index contributed by atoms with van der Waals surface area (Å²) in [4.78, 5) is 12.1. The molecule has 2 aromatic carbocycles. The summed E-state index contributed by atoms with van der Waals surface area (Å²) in [6.45, 7) is 1.58. The second-order valence-electron chi connectivity index (χ2n) is 6.38. The Morgan fingerprint density at radius 2 is 1.81 bits per heavy atom. The van der Waals surface area contributed by atoms with E-state index in [0.717, 1.165) is 6.07 Å². The van der Waals surface area contributed by atoms with E-state index < -0.39 is 21.5 Å². The molecule has 0 bridgehead atoms. The van der Waals surface area contributed by atoms with Crippen LogP contribution in [-0.4, -0.2) is 23.9 Å². The van der Waals surface area contributed by atoms with Crippen molar-refractivity contribution in [3.8, 4) is 11.9 Å². The van der Waals surface area contributed by atoms with Gasteiger partial charge in [0.25, 0.3) is 15.6 Å². The lowest BCUT2D eigenvalue weighted by molar-refractivity contribution is 0.419. The zero-order valence-electron chi connectivity index (χ0n) is 16.1. The average molecular weight is 458 g/mol.